The molecule has 0 heterocycles. The third-order valence-corrected chi connectivity index (χ3v) is 3.34. The van der Waals surface area contributed by atoms with Gasteiger partial charge in [0.25, 0.3) is 0 Å². The number of sulfone groups is 1. The minimum atomic E-state index is -3.43. The summed E-state index contributed by atoms with van der Waals surface area (Å²) < 4.78 is 28.2. The molecule has 0 fully saturated rings. The Morgan fingerprint density at radius 2 is 1.87 bits per heavy atom. The third-order valence-electron chi connectivity index (χ3n) is 1.73. The molecule has 15 heavy (non-hydrogen) atoms. The van der Waals surface area contributed by atoms with Gasteiger partial charge in [0.15, 0.2) is 0 Å². The maximum Gasteiger partial charge on any atom is 0.201 e. The van der Waals surface area contributed by atoms with E-state index < -0.39 is 9.84 Å². The molecule has 0 bridgehead atoms. The molecule has 0 aromatic heterocycles. The summed E-state index contributed by atoms with van der Waals surface area (Å²) in [6, 6.07) is 6.14. The highest BCUT2D eigenvalue weighted by Gasteiger charge is 2.10. The van der Waals surface area contributed by atoms with Crippen LogP contribution < -0.4 is 10.5 Å². The van der Waals surface area contributed by atoms with Crippen molar-refractivity contribution in [3.05, 3.63) is 35.4 Å². The van der Waals surface area contributed by atoms with Gasteiger partial charge in [0.1, 0.15) is 5.75 Å². The first-order chi connectivity index (χ1) is 6.95. The number of rotatable bonds is 3. The predicted molar refractivity (Wildman–Crippen MR) is 58.1 cm³/mol. The van der Waals surface area contributed by atoms with Gasteiger partial charge >= 0.3 is 0 Å². The third kappa shape index (κ3) is 2.99. The van der Waals surface area contributed by atoms with E-state index in [1.54, 1.807) is 12.1 Å². The summed E-state index contributed by atoms with van der Waals surface area (Å²) in [5, 5.41) is 1.04. The second kappa shape index (κ2) is 4.35. The summed E-state index contributed by atoms with van der Waals surface area (Å²) in [5.74, 6) is 0.613. The molecule has 0 aliphatic carbocycles. The molecular formula is C10H13NO3S. The molecule has 5 heteroatoms. The van der Waals surface area contributed by atoms with E-state index in [0.29, 0.717) is 5.75 Å². The molecule has 4 nitrogen and oxygen atoms in total. The maximum atomic E-state index is 11.6. The average molecular weight is 227 g/mol. The maximum absolute atomic E-state index is 11.6. The highest BCUT2D eigenvalue weighted by atomic mass is 32.2. The molecule has 0 radical (unpaired) electrons. The molecule has 0 unspecified atom stereocenters. The number of hydrogen-bond donors (Lipinski definition) is 1. The van der Waals surface area contributed by atoms with E-state index in [1.165, 1.54) is 26.2 Å². The van der Waals surface area contributed by atoms with Crippen molar-refractivity contribution in [2.75, 3.05) is 7.11 Å². The molecular weight excluding hydrogens is 214 g/mol. The fourth-order valence-corrected chi connectivity index (χ4v) is 2.22. The number of allylic oxidation sites excluding steroid dienone is 1. The lowest BCUT2D eigenvalue weighted by molar-refractivity contribution is 0.414. The Labute approximate surface area is 89.3 Å². The van der Waals surface area contributed by atoms with Gasteiger partial charge in [-0.25, -0.2) is 8.42 Å². The molecule has 1 rings (SSSR count). The molecule has 0 aliphatic heterocycles. The van der Waals surface area contributed by atoms with Crippen LogP contribution in [0.5, 0.6) is 5.75 Å². The van der Waals surface area contributed by atoms with Gasteiger partial charge in [-0.2, -0.15) is 0 Å². The van der Waals surface area contributed by atoms with Crippen LogP contribution in [-0.2, 0) is 9.84 Å². The van der Waals surface area contributed by atoms with Crippen LogP contribution in [0.2, 0.25) is 0 Å². The molecule has 0 atom stereocenters. The van der Waals surface area contributed by atoms with E-state index in [-0.39, 0.29) is 10.6 Å². The molecule has 0 amide bonds. The highest BCUT2D eigenvalue weighted by molar-refractivity contribution is 7.94. The minimum Gasteiger partial charge on any atom is -0.497 e. The van der Waals surface area contributed by atoms with Crippen LogP contribution in [0, 0.1) is 0 Å². The Hall–Kier alpha value is -1.49. The van der Waals surface area contributed by atoms with E-state index in [0.717, 1.165) is 5.41 Å². The van der Waals surface area contributed by atoms with Crippen molar-refractivity contribution in [2.45, 2.75) is 11.8 Å². The van der Waals surface area contributed by atoms with Crippen LogP contribution in [0.3, 0.4) is 0 Å². The van der Waals surface area contributed by atoms with Gasteiger partial charge in [-0.3, -0.25) is 0 Å². The van der Waals surface area contributed by atoms with Gasteiger partial charge < -0.3 is 10.5 Å². The van der Waals surface area contributed by atoms with Crippen molar-refractivity contribution in [1.82, 2.24) is 0 Å². The van der Waals surface area contributed by atoms with Crippen molar-refractivity contribution in [2.24, 2.45) is 5.73 Å². The summed E-state index contributed by atoms with van der Waals surface area (Å²) in [4.78, 5) is 0.202. The first-order valence-corrected chi connectivity index (χ1v) is 5.83. The predicted octanol–water partition coefficient (Wildman–Crippen LogP) is 1.29. The Bertz CT molecular complexity index is 456. The minimum absolute atomic E-state index is 0.202. The lowest BCUT2D eigenvalue weighted by atomic mass is 10.3. The first kappa shape index (κ1) is 11.6. The van der Waals surface area contributed by atoms with Crippen LogP contribution in [0.15, 0.2) is 40.3 Å². The van der Waals surface area contributed by atoms with Crippen molar-refractivity contribution in [3.8, 4) is 5.75 Å². The van der Waals surface area contributed by atoms with Gasteiger partial charge in [-0.15, -0.1) is 0 Å². The smallest absolute Gasteiger partial charge is 0.201 e. The lowest BCUT2D eigenvalue weighted by Crippen LogP contribution is -2.01. The standard InChI is InChI=1S/C10H13NO3S/c1-8(11)7-15(12,13)10-5-3-9(14-2)4-6-10/h3-7H,11H2,1-2H3. The monoisotopic (exact) mass is 227 g/mol. The van der Waals surface area contributed by atoms with Crippen LogP contribution in [-0.4, -0.2) is 15.5 Å². The summed E-state index contributed by atoms with van der Waals surface area (Å²) in [7, 11) is -1.91. The fraction of sp³-hybridized carbons (Fsp3) is 0.200. The van der Waals surface area contributed by atoms with Crippen LogP contribution in [0.4, 0.5) is 0 Å². The van der Waals surface area contributed by atoms with E-state index in [1.807, 2.05) is 0 Å². The van der Waals surface area contributed by atoms with Gasteiger partial charge in [-0.1, -0.05) is 0 Å². The number of benzene rings is 1. The van der Waals surface area contributed by atoms with Crippen LogP contribution >= 0.6 is 0 Å². The second-order valence-corrected chi connectivity index (χ2v) is 4.88. The van der Waals surface area contributed by atoms with E-state index >= 15 is 0 Å². The zero-order chi connectivity index (χ0) is 11.5. The van der Waals surface area contributed by atoms with E-state index in [2.05, 4.69) is 0 Å². The van der Waals surface area contributed by atoms with Gasteiger partial charge in [0.2, 0.25) is 9.84 Å². The summed E-state index contributed by atoms with van der Waals surface area (Å²) in [5.41, 5.74) is 5.58. The molecule has 1 aromatic carbocycles. The Morgan fingerprint density at radius 1 is 1.33 bits per heavy atom. The van der Waals surface area contributed by atoms with Crippen LogP contribution in [0.1, 0.15) is 6.92 Å². The van der Waals surface area contributed by atoms with Crippen molar-refractivity contribution < 1.29 is 13.2 Å². The molecule has 1 aromatic rings. The summed E-state index contributed by atoms with van der Waals surface area (Å²) in [6.45, 7) is 1.53. The van der Waals surface area contributed by atoms with Crippen LogP contribution in [0.25, 0.3) is 0 Å². The van der Waals surface area contributed by atoms with Gasteiger partial charge in [0, 0.05) is 5.70 Å². The molecule has 82 valence electrons. The number of nitrogens with two attached hydrogens (primary N) is 1. The zero-order valence-corrected chi connectivity index (χ0v) is 9.41. The zero-order valence-electron chi connectivity index (χ0n) is 8.60. The lowest BCUT2D eigenvalue weighted by Gasteiger charge is -2.02. The Kier molecular flexibility index (Phi) is 3.36. The van der Waals surface area contributed by atoms with Gasteiger partial charge in [-0.05, 0) is 31.2 Å². The number of ether oxygens (including phenoxy) is 1. The first-order valence-electron chi connectivity index (χ1n) is 4.28. The quantitative estimate of drug-likeness (QED) is 0.844. The largest absolute Gasteiger partial charge is 0.497 e. The van der Waals surface area contributed by atoms with E-state index in [4.69, 9.17) is 10.5 Å². The SMILES string of the molecule is COc1ccc(S(=O)(=O)C=C(C)N)cc1. The molecule has 0 saturated carbocycles. The van der Waals surface area contributed by atoms with Crippen molar-refractivity contribution >= 4 is 9.84 Å². The second-order valence-electron chi connectivity index (χ2n) is 3.08. The van der Waals surface area contributed by atoms with Gasteiger partial charge in [0.05, 0.1) is 17.4 Å². The highest BCUT2D eigenvalue weighted by Crippen LogP contribution is 2.17. The molecule has 2 N–H and O–H groups in total. The van der Waals surface area contributed by atoms with E-state index in [9.17, 15) is 8.42 Å². The Balaban J connectivity index is 3.12. The number of methoxy groups -OCH3 is 1. The average Bonchev–Trinajstić information content (AvgIpc) is 2.16. The molecule has 0 spiro atoms. The Morgan fingerprint density at radius 3 is 2.27 bits per heavy atom. The molecule has 0 aliphatic rings. The topological polar surface area (TPSA) is 69.4 Å². The normalized spacial score (nSPS) is 12.5. The molecule has 0 saturated heterocycles. The van der Waals surface area contributed by atoms with Crippen molar-refractivity contribution in [3.63, 3.8) is 0 Å². The summed E-state index contributed by atoms with van der Waals surface area (Å²) >= 11 is 0. The number of hydrogen-bond acceptors (Lipinski definition) is 4. The summed E-state index contributed by atoms with van der Waals surface area (Å²) in [6.07, 6.45) is 0. The van der Waals surface area contributed by atoms with Crippen molar-refractivity contribution in [1.29, 1.82) is 0 Å². The fourth-order valence-electron chi connectivity index (χ4n) is 1.08.